The zero-order chi connectivity index (χ0) is 11.7. The summed E-state index contributed by atoms with van der Waals surface area (Å²) in [5.41, 5.74) is 0.520. The van der Waals surface area contributed by atoms with Crippen molar-refractivity contribution in [3.8, 4) is 0 Å². The Morgan fingerprint density at radius 2 is 2.18 bits per heavy atom. The van der Waals surface area contributed by atoms with E-state index < -0.39 is 5.54 Å². The average Bonchev–Trinajstić information content (AvgIpc) is 2.90. The molecule has 1 aromatic carbocycles. The number of ether oxygens (including phenoxy) is 1. The van der Waals surface area contributed by atoms with Gasteiger partial charge in [0.25, 0.3) is 5.91 Å². The van der Waals surface area contributed by atoms with Crippen LogP contribution in [-0.4, -0.2) is 30.5 Å². The number of amidine groups is 1. The van der Waals surface area contributed by atoms with Crippen molar-refractivity contribution in [3.05, 3.63) is 35.9 Å². The minimum absolute atomic E-state index is 0.0130. The molecule has 1 fully saturated rings. The minimum Gasteiger partial charge on any atom is -0.378 e. The van der Waals surface area contributed by atoms with Crippen LogP contribution in [0.5, 0.6) is 0 Å². The summed E-state index contributed by atoms with van der Waals surface area (Å²) in [4.78, 5) is 16.4. The topological polar surface area (TPSA) is 50.7 Å². The Morgan fingerprint density at radius 1 is 1.35 bits per heavy atom. The molecule has 1 N–H and O–H groups in total. The molecule has 2 aliphatic rings. The van der Waals surface area contributed by atoms with Crippen molar-refractivity contribution in [2.45, 2.75) is 18.4 Å². The molecule has 2 aliphatic heterocycles. The van der Waals surface area contributed by atoms with Gasteiger partial charge in [0, 0.05) is 19.4 Å². The fourth-order valence-corrected chi connectivity index (χ4v) is 2.28. The number of hydrogen-bond acceptors (Lipinski definition) is 3. The predicted octanol–water partition coefficient (Wildman–Crippen LogP) is 0.916. The number of benzene rings is 1. The highest BCUT2D eigenvalue weighted by atomic mass is 16.5. The van der Waals surface area contributed by atoms with Crippen LogP contribution in [0, 0.1) is 0 Å². The maximum atomic E-state index is 11.9. The van der Waals surface area contributed by atoms with Crippen LogP contribution in [0.2, 0.25) is 0 Å². The van der Waals surface area contributed by atoms with E-state index in [2.05, 4.69) is 10.3 Å². The second kappa shape index (κ2) is 3.96. The van der Waals surface area contributed by atoms with E-state index in [9.17, 15) is 4.79 Å². The summed E-state index contributed by atoms with van der Waals surface area (Å²) in [7, 11) is 0. The third-order valence-corrected chi connectivity index (χ3v) is 3.24. The van der Waals surface area contributed by atoms with Crippen molar-refractivity contribution in [1.82, 2.24) is 5.32 Å². The molecule has 0 saturated carbocycles. The molecule has 1 amide bonds. The Balaban J connectivity index is 1.80. The van der Waals surface area contributed by atoms with E-state index in [1.54, 1.807) is 0 Å². The number of nitrogens with zero attached hydrogens (tertiary/aromatic N) is 1. The molecule has 4 heteroatoms. The summed E-state index contributed by atoms with van der Waals surface area (Å²) < 4.78 is 5.28. The molecule has 1 spiro atoms. The first-order valence-electron chi connectivity index (χ1n) is 5.80. The van der Waals surface area contributed by atoms with Crippen LogP contribution in [0.4, 0.5) is 0 Å². The molecule has 17 heavy (non-hydrogen) atoms. The van der Waals surface area contributed by atoms with E-state index in [1.807, 2.05) is 30.3 Å². The predicted molar refractivity (Wildman–Crippen MR) is 63.9 cm³/mol. The van der Waals surface area contributed by atoms with Crippen LogP contribution in [0.15, 0.2) is 35.3 Å². The van der Waals surface area contributed by atoms with E-state index in [0.29, 0.717) is 26.1 Å². The third-order valence-electron chi connectivity index (χ3n) is 3.24. The lowest BCUT2D eigenvalue weighted by Crippen LogP contribution is -2.40. The van der Waals surface area contributed by atoms with Gasteiger partial charge in [-0.15, -0.1) is 0 Å². The molecule has 88 valence electrons. The fourth-order valence-electron chi connectivity index (χ4n) is 2.28. The first-order valence-corrected chi connectivity index (χ1v) is 5.80. The highest BCUT2D eigenvalue weighted by molar-refractivity contribution is 6.09. The molecule has 0 aromatic heterocycles. The van der Waals surface area contributed by atoms with Gasteiger partial charge in [-0.1, -0.05) is 30.3 Å². The SMILES string of the molecule is O=C1NC(Cc2ccccc2)=NC12CCOC2. The van der Waals surface area contributed by atoms with Gasteiger partial charge < -0.3 is 10.1 Å². The Hall–Kier alpha value is -1.68. The summed E-state index contributed by atoms with van der Waals surface area (Å²) >= 11 is 0. The van der Waals surface area contributed by atoms with Crippen LogP contribution in [-0.2, 0) is 16.0 Å². The quantitative estimate of drug-likeness (QED) is 0.821. The van der Waals surface area contributed by atoms with Crippen LogP contribution >= 0.6 is 0 Å². The Morgan fingerprint density at radius 3 is 2.88 bits per heavy atom. The monoisotopic (exact) mass is 230 g/mol. The van der Waals surface area contributed by atoms with Gasteiger partial charge in [-0.25, -0.2) is 0 Å². The van der Waals surface area contributed by atoms with E-state index >= 15 is 0 Å². The second-order valence-electron chi connectivity index (χ2n) is 4.51. The van der Waals surface area contributed by atoms with Crippen molar-refractivity contribution >= 4 is 11.7 Å². The second-order valence-corrected chi connectivity index (χ2v) is 4.51. The van der Waals surface area contributed by atoms with Gasteiger partial charge in [0.05, 0.1) is 6.61 Å². The zero-order valence-electron chi connectivity index (χ0n) is 9.48. The van der Waals surface area contributed by atoms with Crippen molar-refractivity contribution in [2.75, 3.05) is 13.2 Å². The molecule has 1 unspecified atom stereocenters. The van der Waals surface area contributed by atoms with Crippen LogP contribution in [0.3, 0.4) is 0 Å². The Labute approximate surface area is 99.7 Å². The molecule has 1 saturated heterocycles. The van der Waals surface area contributed by atoms with Crippen LogP contribution in [0.1, 0.15) is 12.0 Å². The molecule has 2 heterocycles. The lowest BCUT2D eigenvalue weighted by molar-refractivity contribution is -0.123. The van der Waals surface area contributed by atoms with Gasteiger partial charge in [0.15, 0.2) is 5.54 Å². The first kappa shape index (κ1) is 10.5. The standard InChI is InChI=1S/C13H14N2O2/c16-12-13(6-7-17-9-13)15-11(14-12)8-10-4-2-1-3-5-10/h1-5H,6-9H2,(H,14,15,16). The number of amides is 1. The van der Waals surface area contributed by atoms with E-state index in [1.165, 1.54) is 0 Å². The lowest BCUT2D eigenvalue weighted by Gasteiger charge is -2.12. The molecular weight excluding hydrogens is 216 g/mol. The number of hydrogen-bond donors (Lipinski definition) is 1. The molecule has 0 radical (unpaired) electrons. The summed E-state index contributed by atoms with van der Waals surface area (Å²) in [6.07, 6.45) is 1.37. The van der Waals surface area contributed by atoms with Crippen LogP contribution < -0.4 is 5.32 Å². The number of rotatable bonds is 2. The molecule has 3 rings (SSSR count). The third kappa shape index (κ3) is 1.85. The van der Waals surface area contributed by atoms with Crippen molar-refractivity contribution < 1.29 is 9.53 Å². The van der Waals surface area contributed by atoms with Gasteiger partial charge in [-0.05, 0) is 5.56 Å². The average molecular weight is 230 g/mol. The molecule has 0 bridgehead atoms. The molecular formula is C13H14N2O2. The molecule has 1 aromatic rings. The molecule has 1 atom stereocenters. The van der Waals surface area contributed by atoms with Gasteiger partial charge in [-0.3, -0.25) is 9.79 Å². The van der Waals surface area contributed by atoms with Gasteiger partial charge in [0.1, 0.15) is 5.84 Å². The Bertz CT molecular complexity index is 462. The molecule has 4 nitrogen and oxygen atoms in total. The summed E-state index contributed by atoms with van der Waals surface area (Å²) in [6, 6.07) is 10.0. The van der Waals surface area contributed by atoms with Gasteiger partial charge >= 0.3 is 0 Å². The maximum absolute atomic E-state index is 11.9. The number of carbonyl (C=O) groups is 1. The lowest BCUT2D eigenvalue weighted by atomic mass is 10.0. The smallest absolute Gasteiger partial charge is 0.255 e. The van der Waals surface area contributed by atoms with E-state index in [0.717, 1.165) is 11.4 Å². The van der Waals surface area contributed by atoms with Gasteiger partial charge in [0.2, 0.25) is 0 Å². The Kier molecular flexibility index (Phi) is 2.44. The van der Waals surface area contributed by atoms with Gasteiger partial charge in [-0.2, -0.15) is 0 Å². The number of aliphatic imine (C=N–C) groups is 1. The molecule has 0 aliphatic carbocycles. The van der Waals surface area contributed by atoms with Crippen LogP contribution in [0.25, 0.3) is 0 Å². The largest absolute Gasteiger partial charge is 0.378 e. The fraction of sp³-hybridized carbons (Fsp3) is 0.385. The minimum atomic E-state index is -0.635. The normalized spacial score (nSPS) is 27.3. The zero-order valence-corrected chi connectivity index (χ0v) is 9.48. The number of nitrogens with one attached hydrogen (secondary N) is 1. The van der Waals surface area contributed by atoms with Crippen molar-refractivity contribution in [1.29, 1.82) is 0 Å². The first-order chi connectivity index (χ1) is 8.28. The van der Waals surface area contributed by atoms with E-state index in [4.69, 9.17) is 4.74 Å². The summed E-state index contributed by atoms with van der Waals surface area (Å²) in [5.74, 6) is 0.743. The van der Waals surface area contributed by atoms with Crippen molar-refractivity contribution in [2.24, 2.45) is 4.99 Å². The van der Waals surface area contributed by atoms with Crippen molar-refractivity contribution in [3.63, 3.8) is 0 Å². The summed E-state index contributed by atoms with van der Waals surface area (Å²) in [5, 5.41) is 2.87. The maximum Gasteiger partial charge on any atom is 0.255 e. The highest BCUT2D eigenvalue weighted by Crippen LogP contribution is 2.27. The van der Waals surface area contributed by atoms with E-state index in [-0.39, 0.29) is 5.91 Å². The number of carbonyl (C=O) groups excluding carboxylic acids is 1. The summed E-state index contributed by atoms with van der Waals surface area (Å²) in [6.45, 7) is 1.03. The highest BCUT2D eigenvalue weighted by Gasteiger charge is 2.46.